The zero-order valence-electron chi connectivity index (χ0n) is 25.4. The van der Waals surface area contributed by atoms with Crippen LogP contribution < -0.4 is 11.1 Å². The highest BCUT2D eigenvalue weighted by Gasteiger charge is 2.61. The molecule has 2 saturated heterocycles. The first-order valence-electron chi connectivity index (χ1n) is 15.9. The van der Waals surface area contributed by atoms with Crippen LogP contribution in [0.5, 0.6) is 0 Å². The topological polar surface area (TPSA) is 175 Å². The Morgan fingerprint density at radius 1 is 0.956 bits per heavy atom. The molecule has 1 aromatic carbocycles. The van der Waals surface area contributed by atoms with Crippen LogP contribution in [0.1, 0.15) is 73.7 Å². The number of nitrogens with one attached hydrogen (secondary N) is 1. The summed E-state index contributed by atoms with van der Waals surface area (Å²) in [6.07, 6.45) is 11.2. The number of likely N-dealkylation sites (tertiary alicyclic amines) is 1. The van der Waals surface area contributed by atoms with Gasteiger partial charge in [0.15, 0.2) is 0 Å². The van der Waals surface area contributed by atoms with Crippen molar-refractivity contribution in [2.75, 3.05) is 32.0 Å². The van der Waals surface area contributed by atoms with E-state index in [2.05, 4.69) is 39.5 Å². The van der Waals surface area contributed by atoms with E-state index in [0.717, 1.165) is 88.2 Å². The Morgan fingerprint density at radius 3 is 2.18 bits per heavy atom. The molecule has 4 aliphatic carbocycles. The van der Waals surface area contributed by atoms with Gasteiger partial charge in [-0.15, -0.1) is 0 Å². The minimum Gasteiger partial charge on any atom is -0.478 e. The fourth-order valence-electron chi connectivity index (χ4n) is 7.91. The number of hydrogen-bond donors (Lipinski definition) is 5. The van der Waals surface area contributed by atoms with Gasteiger partial charge >= 0.3 is 11.9 Å². The van der Waals surface area contributed by atoms with Crippen LogP contribution in [0, 0.1) is 5.92 Å². The predicted molar refractivity (Wildman–Crippen MR) is 167 cm³/mol. The van der Waals surface area contributed by atoms with Crippen molar-refractivity contribution in [1.82, 2.24) is 15.2 Å². The SMILES string of the molecule is Nc1ncc(-c2ccc(C34CC3CN(C3CCOCC3)C4)cc2)cc1C(=O)NC12CCC(O)(CC1)CC2.O=C(O)/C=C/C(=O)O. The minimum atomic E-state index is -1.26. The van der Waals surface area contributed by atoms with Crippen molar-refractivity contribution in [1.29, 1.82) is 0 Å². The normalized spacial score (nSPS) is 30.7. The number of rotatable bonds is 7. The number of aromatic nitrogens is 1. The van der Waals surface area contributed by atoms with Crippen LogP contribution in [0.4, 0.5) is 5.82 Å². The van der Waals surface area contributed by atoms with Crippen LogP contribution in [0.15, 0.2) is 48.7 Å². The fraction of sp³-hybridized carbons (Fsp3) is 0.529. The molecular formula is C34H42N4O7. The quantitative estimate of drug-likeness (QED) is 0.289. The number of nitrogens with zero attached hydrogens (tertiary/aromatic N) is 2. The second-order valence-corrected chi connectivity index (χ2v) is 13.5. The van der Waals surface area contributed by atoms with E-state index in [-0.39, 0.29) is 17.3 Å². The Labute approximate surface area is 262 Å². The number of aliphatic hydroxyl groups is 1. The summed E-state index contributed by atoms with van der Waals surface area (Å²) in [5.41, 5.74) is 9.56. The molecule has 8 rings (SSSR count). The number of nitrogen functional groups attached to an aromatic ring is 1. The average molecular weight is 619 g/mol. The van der Waals surface area contributed by atoms with Crippen LogP contribution in [-0.2, 0) is 19.7 Å². The number of pyridine rings is 1. The molecule has 6 N–H and O–H groups in total. The molecule has 0 radical (unpaired) electrons. The first-order valence-corrected chi connectivity index (χ1v) is 15.9. The molecule has 1 aromatic heterocycles. The van der Waals surface area contributed by atoms with Crippen molar-refractivity contribution < 1.29 is 34.4 Å². The van der Waals surface area contributed by atoms with E-state index >= 15 is 0 Å². The molecule has 11 heteroatoms. The third-order valence-electron chi connectivity index (χ3n) is 10.8. The molecule has 6 aliphatic rings. The molecular weight excluding hydrogens is 576 g/mol. The molecule has 2 aliphatic heterocycles. The van der Waals surface area contributed by atoms with Crippen molar-refractivity contribution in [3.8, 4) is 11.1 Å². The minimum absolute atomic E-state index is 0.158. The number of aliphatic carboxylic acids is 2. The maximum atomic E-state index is 13.3. The number of piperidine rings is 1. The Kier molecular flexibility index (Phi) is 8.45. The van der Waals surface area contributed by atoms with Crippen LogP contribution in [0.2, 0.25) is 0 Å². The summed E-state index contributed by atoms with van der Waals surface area (Å²) >= 11 is 0. The molecule has 1 amide bonds. The van der Waals surface area contributed by atoms with Crippen LogP contribution in [0.25, 0.3) is 11.1 Å². The summed E-state index contributed by atoms with van der Waals surface area (Å²) in [6, 6.07) is 11.5. The van der Waals surface area contributed by atoms with Gasteiger partial charge in [0.1, 0.15) is 5.82 Å². The average Bonchev–Trinajstić information content (AvgIpc) is 3.61. The molecule has 0 spiro atoms. The molecule has 11 nitrogen and oxygen atoms in total. The van der Waals surface area contributed by atoms with Gasteiger partial charge < -0.3 is 31.1 Å². The Bertz CT molecular complexity index is 1450. The number of anilines is 1. The van der Waals surface area contributed by atoms with Gasteiger partial charge in [0.25, 0.3) is 5.91 Å². The van der Waals surface area contributed by atoms with Gasteiger partial charge in [-0.3, -0.25) is 9.69 Å². The number of ether oxygens (including phenoxy) is 1. The fourth-order valence-corrected chi connectivity index (χ4v) is 7.91. The molecule has 2 unspecified atom stereocenters. The predicted octanol–water partition coefficient (Wildman–Crippen LogP) is 3.36. The smallest absolute Gasteiger partial charge is 0.328 e. The Hall–Kier alpha value is -3.80. The largest absolute Gasteiger partial charge is 0.478 e. The maximum absolute atomic E-state index is 13.3. The zero-order valence-corrected chi connectivity index (χ0v) is 25.4. The first-order chi connectivity index (χ1) is 21.5. The number of carbonyl (C=O) groups is 3. The van der Waals surface area contributed by atoms with E-state index in [9.17, 15) is 19.5 Å². The number of carbonyl (C=O) groups excluding carboxylic acids is 1. The summed E-state index contributed by atoms with van der Waals surface area (Å²) in [5, 5.41) is 29.4. The number of fused-ring (bicyclic) bond motifs is 4. The first kappa shape index (κ1) is 31.2. The van der Waals surface area contributed by atoms with E-state index in [4.69, 9.17) is 20.7 Å². The second kappa shape index (κ2) is 12.2. The number of carboxylic acids is 2. The lowest BCUT2D eigenvalue weighted by atomic mass is 9.63. The second-order valence-electron chi connectivity index (χ2n) is 13.5. The lowest BCUT2D eigenvalue weighted by Gasteiger charge is -2.51. The monoisotopic (exact) mass is 618 g/mol. The van der Waals surface area contributed by atoms with Crippen molar-refractivity contribution in [3.05, 3.63) is 59.8 Å². The van der Waals surface area contributed by atoms with Crippen molar-refractivity contribution >= 4 is 23.7 Å². The lowest BCUT2D eigenvalue weighted by molar-refractivity contribution is -0.134. The number of hydrogen-bond acceptors (Lipinski definition) is 8. The zero-order chi connectivity index (χ0) is 31.8. The van der Waals surface area contributed by atoms with Gasteiger partial charge in [-0.2, -0.15) is 0 Å². The number of amides is 1. The van der Waals surface area contributed by atoms with Gasteiger partial charge in [0, 0.05) is 67.2 Å². The third kappa shape index (κ3) is 6.61. The lowest BCUT2D eigenvalue weighted by Crippen LogP contribution is -2.58. The molecule has 240 valence electrons. The summed E-state index contributed by atoms with van der Waals surface area (Å²) in [5.74, 6) is -1.64. The van der Waals surface area contributed by atoms with E-state index in [1.54, 1.807) is 6.20 Å². The van der Waals surface area contributed by atoms with Gasteiger partial charge in [0.2, 0.25) is 0 Å². The Balaban J connectivity index is 0.000000397. The summed E-state index contributed by atoms with van der Waals surface area (Å²) in [6.45, 7) is 4.17. The standard InChI is InChI=1S/C30H38N4O3.C4H4O4/c31-26-25(27(35)33-28-7-10-29(36,11-8-28)12-9-28)15-21(17-32-26)20-1-3-22(4-2-20)30-16-23(30)18-34(19-30)24-5-13-37-14-6-24;5-3(6)1-2-4(7)8/h1-4,15,17,23-24,36H,5-14,16,18-19H2,(H2,31,32)(H,33,35);1-2H,(H,5,6)(H,7,8)/b;2-1+. The molecule has 6 fully saturated rings. The maximum Gasteiger partial charge on any atom is 0.328 e. The molecule has 2 aromatic rings. The molecule has 4 saturated carbocycles. The van der Waals surface area contributed by atoms with Gasteiger partial charge in [-0.1, -0.05) is 24.3 Å². The summed E-state index contributed by atoms with van der Waals surface area (Å²) in [4.78, 5) is 39.5. The molecule has 45 heavy (non-hydrogen) atoms. The van der Waals surface area contributed by atoms with E-state index in [1.807, 2.05) is 6.07 Å². The Morgan fingerprint density at radius 2 is 1.58 bits per heavy atom. The summed E-state index contributed by atoms with van der Waals surface area (Å²) in [7, 11) is 0. The van der Waals surface area contributed by atoms with Crippen LogP contribution in [-0.4, -0.2) is 86.5 Å². The number of carboxylic acid groups (broad SMARTS) is 2. The number of benzene rings is 1. The van der Waals surface area contributed by atoms with E-state index in [1.165, 1.54) is 18.5 Å². The highest BCUT2D eigenvalue weighted by molar-refractivity contribution is 6.00. The van der Waals surface area contributed by atoms with Crippen molar-refractivity contribution in [3.63, 3.8) is 0 Å². The van der Waals surface area contributed by atoms with Crippen LogP contribution >= 0.6 is 0 Å². The summed E-state index contributed by atoms with van der Waals surface area (Å²) < 4.78 is 5.57. The van der Waals surface area contributed by atoms with Crippen LogP contribution in [0.3, 0.4) is 0 Å². The third-order valence-corrected chi connectivity index (χ3v) is 10.8. The number of nitrogens with two attached hydrogens (primary N) is 1. The van der Waals surface area contributed by atoms with Gasteiger partial charge in [0.05, 0.1) is 11.2 Å². The van der Waals surface area contributed by atoms with Gasteiger partial charge in [-0.25, -0.2) is 14.6 Å². The van der Waals surface area contributed by atoms with Gasteiger partial charge in [-0.05, 0) is 80.9 Å². The van der Waals surface area contributed by atoms with E-state index < -0.39 is 17.5 Å². The highest BCUT2D eigenvalue weighted by atomic mass is 16.5. The van der Waals surface area contributed by atoms with Crippen molar-refractivity contribution in [2.24, 2.45) is 5.92 Å². The highest BCUT2D eigenvalue weighted by Crippen LogP contribution is 2.59. The molecule has 3 heterocycles. The van der Waals surface area contributed by atoms with Crippen molar-refractivity contribution in [2.45, 2.75) is 80.4 Å². The molecule has 2 bridgehead atoms. The van der Waals surface area contributed by atoms with E-state index in [0.29, 0.717) is 29.2 Å². The molecule has 2 atom stereocenters.